The fraction of sp³-hybridized carbons (Fsp3) is 0.750. The lowest BCUT2D eigenvalue weighted by Gasteiger charge is -2.04. The van der Waals surface area contributed by atoms with Crippen LogP contribution in [-0.4, -0.2) is 25.2 Å². The van der Waals surface area contributed by atoms with Gasteiger partial charge in [-0.3, -0.25) is 10.5 Å². The molecule has 0 saturated heterocycles. The van der Waals surface area contributed by atoms with Crippen molar-refractivity contribution >= 4 is 5.91 Å². The van der Waals surface area contributed by atoms with E-state index in [0.29, 0.717) is 0 Å². The summed E-state index contributed by atoms with van der Waals surface area (Å²) >= 11 is 0. The summed E-state index contributed by atoms with van der Waals surface area (Å²) in [5.74, 6) is -1.05. The highest BCUT2D eigenvalue weighted by molar-refractivity contribution is 5.75. The topological polar surface area (TPSA) is 52.9 Å². The summed E-state index contributed by atoms with van der Waals surface area (Å²) < 4.78 is 33.8. The lowest BCUT2D eigenvalue weighted by molar-refractivity contribution is -0.127. The van der Waals surface area contributed by atoms with Crippen molar-refractivity contribution in [3.05, 3.63) is 0 Å². The highest BCUT2D eigenvalue weighted by Crippen LogP contribution is 2.11. The van der Waals surface area contributed by atoms with Gasteiger partial charge in [-0.2, -0.15) is 13.2 Å². The molecule has 1 radical (unpaired) electrons. The van der Waals surface area contributed by atoms with Crippen LogP contribution in [0.4, 0.5) is 13.2 Å². The van der Waals surface area contributed by atoms with Gasteiger partial charge in [0.15, 0.2) is 0 Å². The van der Waals surface area contributed by atoms with E-state index in [1.807, 2.05) is 0 Å². The quantitative estimate of drug-likeness (QED) is 0.621. The number of hydrogen-bond acceptors (Lipinski definition) is 2. The molecule has 59 valence electrons. The lowest BCUT2D eigenvalue weighted by atomic mass is 10.5. The first-order valence-electron chi connectivity index (χ1n) is 2.44. The molecule has 0 aliphatic carbocycles. The largest absolute Gasteiger partial charge is 0.401 e. The first-order chi connectivity index (χ1) is 4.42. The molecular formula is C4H6F3N2O. The SMILES string of the molecule is [NH]C(=O)CNCC(F)(F)F. The predicted octanol–water partition coefficient (Wildman–Crippen LogP) is -0.0522. The lowest BCUT2D eigenvalue weighted by Crippen LogP contribution is -2.32. The van der Waals surface area contributed by atoms with Crippen LogP contribution in [0.5, 0.6) is 0 Å². The van der Waals surface area contributed by atoms with Gasteiger partial charge >= 0.3 is 6.18 Å². The smallest absolute Gasteiger partial charge is 0.300 e. The third-order valence-corrected chi connectivity index (χ3v) is 0.611. The summed E-state index contributed by atoms with van der Waals surface area (Å²) in [5, 5.41) is 1.76. The molecule has 2 N–H and O–H groups in total. The van der Waals surface area contributed by atoms with E-state index in [4.69, 9.17) is 5.73 Å². The number of carbonyl (C=O) groups excluding carboxylic acids is 1. The summed E-state index contributed by atoms with van der Waals surface area (Å²) in [5.41, 5.74) is 6.22. The van der Waals surface area contributed by atoms with E-state index in [2.05, 4.69) is 0 Å². The first kappa shape index (κ1) is 9.22. The van der Waals surface area contributed by atoms with Crippen molar-refractivity contribution < 1.29 is 18.0 Å². The van der Waals surface area contributed by atoms with Crippen molar-refractivity contribution in [3.63, 3.8) is 0 Å². The van der Waals surface area contributed by atoms with Gasteiger partial charge in [0.25, 0.3) is 5.91 Å². The van der Waals surface area contributed by atoms with Gasteiger partial charge in [-0.1, -0.05) is 0 Å². The fourth-order valence-corrected chi connectivity index (χ4v) is 0.318. The second kappa shape index (κ2) is 3.40. The standard InChI is InChI=1S/C4H6F3N2O/c5-4(6,7)2-9-1-3(8)10/h8-9H,1-2H2. The minimum atomic E-state index is -4.31. The first-order valence-corrected chi connectivity index (χ1v) is 2.44. The van der Waals surface area contributed by atoms with E-state index >= 15 is 0 Å². The van der Waals surface area contributed by atoms with Crippen molar-refractivity contribution in [3.8, 4) is 0 Å². The molecule has 0 aromatic rings. The summed E-state index contributed by atoms with van der Waals surface area (Å²) in [6.45, 7) is -1.78. The van der Waals surface area contributed by atoms with Crippen LogP contribution in [0.15, 0.2) is 0 Å². The third-order valence-electron chi connectivity index (χ3n) is 0.611. The van der Waals surface area contributed by atoms with Crippen molar-refractivity contribution in [1.29, 1.82) is 0 Å². The van der Waals surface area contributed by atoms with E-state index < -0.39 is 25.2 Å². The summed E-state index contributed by atoms with van der Waals surface area (Å²) in [6, 6.07) is 0. The molecule has 3 nitrogen and oxygen atoms in total. The van der Waals surface area contributed by atoms with Crippen molar-refractivity contribution in [2.75, 3.05) is 13.1 Å². The maximum Gasteiger partial charge on any atom is 0.401 e. The molecule has 0 heterocycles. The monoisotopic (exact) mass is 155 g/mol. The Labute approximate surface area is 55.4 Å². The van der Waals surface area contributed by atoms with Crippen LogP contribution in [0.3, 0.4) is 0 Å². The summed E-state index contributed by atoms with van der Waals surface area (Å²) in [6.07, 6.45) is -4.31. The van der Waals surface area contributed by atoms with E-state index in [1.165, 1.54) is 0 Å². The zero-order chi connectivity index (χ0) is 8.20. The van der Waals surface area contributed by atoms with E-state index in [1.54, 1.807) is 5.32 Å². The minimum absolute atomic E-state index is 0.556. The Bertz CT molecular complexity index is 122. The molecule has 0 spiro atoms. The Kier molecular flexibility index (Phi) is 3.14. The maximum absolute atomic E-state index is 11.3. The highest BCUT2D eigenvalue weighted by Gasteiger charge is 2.26. The fourth-order valence-electron chi connectivity index (χ4n) is 0.318. The highest BCUT2D eigenvalue weighted by atomic mass is 19.4. The summed E-state index contributed by atoms with van der Waals surface area (Å²) in [7, 11) is 0. The second-order valence-electron chi connectivity index (χ2n) is 1.64. The molecule has 0 bridgehead atoms. The summed E-state index contributed by atoms with van der Waals surface area (Å²) in [4.78, 5) is 9.77. The Morgan fingerprint density at radius 2 is 2.00 bits per heavy atom. The molecule has 10 heavy (non-hydrogen) atoms. The third kappa shape index (κ3) is 7.22. The number of amides is 1. The molecule has 0 saturated carbocycles. The Hall–Kier alpha value is -0.780. The van der Waals surface area contributed by atoms with Crippen LogP contribution in [0.25, 0.3) is 0 Å². The molecule has 0 fully saturated rings. The van der Waals surface area contributed by atoms with Crippen molar-refractivity contribution in [1.82, 2.24) is 11.1 Å². The molecule has 0 aromatic heterocycles. The van der Waals surface area contributed by atoms with Gasteiger partial charge < -0.3 is 5.32 Å². The Balaban J connectivity index is 3.29. The average Bonchev–Trinajstić information content (AvgIpc) is 1.59. The molecular weight excluding hydrogens is 149 g/mol. The maximum atomic E-state index is 11.3. The zero-order valence-corrected chi connectivity index (χ0v) is 4.96. The predicted molar refractivity (Wildman–Crippen MR) is 27.0 cm³/mol. The van der Waals surface area contributed by atoms with Crippen LogP contribution in [0.2, 0.25) is 0 Å². The number of hydrogen-bond donors (Lipinski definition) is 1. The minimum Gasteiger partial charge on any atom is -0.300 e. The average molecular weight is 155 g/mol. The van der Waals surface area contributed by atoms with Crippen LogP contribution in [-0.2, 0) is 4.79 Å². The number of rotatable bonds is 3. The second-order valence-corrected chi connectivity index (χ2v) is 1.64. The molecule has 0 unspecified atom stereocenters. The Morgan fingerprint density at radius 1 is 1.50 bits per heavy atom. The van der Waals surface area contributed by atoms with Gasteiger partial charge in [0, 0.05) is 0 Å². The van der Waals surface area contributed by atoms with Gasteiger partial charge in [0.1, 0.15) is 0 Å². The van der Waals surface area contributed by atoms with Gasteiger partial charge in [-0.25, -0.2) is 0 Å². The normalized spacial score (nSPS) is 11.5. The molecule has 0 atom stereocenters. The van der Waals surface area contributed by atoms with Crippen LogP contribution in [0, 0.1) is 0 Å². The van der Waals surface area contributed by atoms with Crippen molar-refractivity contribution in [2.24, 2.45) is 0 Å². The molecule has 0 aliphatic rings. The molecule has 1 amide bonds. The molecule has 6 heteroatoms. The Morgan fingerprint density at radius 3 is 2.30 bits per heavy atom. The number of nitrogens with one attached hydrogen (secondary N) is 2. The molecule has 0 aliphatic heterocycles. The van der Waals surface area contributed by atoms with Gasteiger partial charge in [0.2, 0.25) is 0 Å². The number of carbonyl (C=O) groups is 1. The number of halogens is 3. The van der Waals surface area contributed by atoms with Gasteiger partial charge in [-0.15, -0.1) is 0 Å². The van der Waals surface area contributed by atoms with E-state index in [9.17, 15) is 18.0 Å². The zero-order valence-electron chi connectivity index (χ0n) is 4.96. The molecule has 0 aromatic carbocycles. The van der Waals surface area contributed by atoms with E-state index in [0.717, 1.165) is 0 Å². The molecule has 0 rings (SSSR count). The van der Waals surface area contributed by atoms with Gasteiger partial charge in [-0.05, 0) is 0 Å². The van der Waals surface area contributed by atoms with E-state index in [-0.39, 0.29) is 0 Å². The van der Waals surface area contributed by atoms with Gasteiger partial charge in [0.05, 0.1) is 13.1 Å². The van der Waals surface area contributed by atoms with Crippen LogP contribution >= 0.6 is 0 Å². The van der Waals surface area contributed by atoms with Crippen LogP contribution in [0.1, 0.15) is 0 Å². The van der Waals surface area contributed by atoms with Crippen molar-refractivity contribution in [2.45, 2.75) is 6.18 Å². The number of alkyl halides is 3. The van der Waals surface area contributed by atoms with Crippen LogP contribution < -0.4 is 11.1 Å².